The minimum absolute atomic E-state index is 0.130. The van der Waals surface area contributed by atoms with Gasteiger partial charge in [0.05, 0.1) is 0 Å². The summed E-state index contributed by atoms with van der Waals surface area (Å²) in [5, 5.41) is 17.3. The first-order chi connectivity index (χ1) is 7.65. The fraction of sp³-hybridized carbons (Fsp3) is 0.400. The highest BCUT2D eigenvalue weighted by Gasteiger charge is 2.14. The molecule has 1 aliphatic heterocycles. The van der Waals surface area contributed by atoms with Crippen molar-refractivity contribution in [3.63, 3.8) is 0 Å². The van der Waals surface area contributed by atoms with Crippen LogP contribution >= 0.6 is 0 Å². The van der Waals surface area contributed by atoms with Crippen molar-refractivity contribution in [1.29, 1.82) is 0 Å². The van der Waals surface area contributed by atoms with E-state index in [1.807, 2.05) is 0 Å². The van der Waals surface area contributed by atoms with E-state index < -0.39 is 16.7 Å². The van der Waals surface area contributed by atoms with Crippen molar-refractivity contribution in [3.05, 3.63) is 26.7 Å². The average molecular weight is 222 g/mol. The van der Waals surface area contributed by atoms with Gasteiger partial charge in [-0.1, -0.05) is 0 Å². The molecule has 0 amide bonds. The van der Waals surface area contributed by atoms with Crippen LogP contribution in [0.25, 0.3) is 5.95 Å². The molecule has 2 rings (SSSR count). The fourth-order valence-electron chi connectivity index (χ4n) is 1.89. The zero-order chi connectivity index (χ0) is 11.7. The van der Waals surface area contributed by atoms with Crippen LogP contribution in [0.2, 0.25) is 0 Å². The van der Waals surface area contributed by atoms with Gasteiger partial charge in [-0.25, -0.2) is 4.79 Å². The Morgan fingerprint density at radius 3 is 2.75 bits per heavy atom. The van der Waals surface area contributed by atoms with E-state index in [0.29, 0.717) is 18.8 Å². The number of aryl methyl sites for hydroxylation is 1. The van der Waals surface area contributed by atoms with Crippen molar-refractivity contribution in [2.75, 3.05) is 0 Å². The minimum atomic E-state index is -1.18. The number of aliphatic hydroxyl groups is 2. The fourth-order valence-corrected chi connectivity index (χ4v) is 1.89. The first kappa shape index (κ1) is 10.4. The van der Waals surface area contributed by atoms with Gasteiger partial charge in [-0.05, 0) is 12.8 Å². The smallest absolute Gasteiger partial charge is 0.290 e. The van der Waals surface area contributed by atoms with E-state index in [0.717, 1.165) is 12.8 Å². The van der Waals surface area contributed by atoms with Gasteiger partial charge in [-0.15, -0.1) is 0 Å². The van der Waals surface area contributed by atoms with Gasteiger partial charge in [0.25, 0.3) is 11.5 Å². The van der Waals surface area contributed by atoms with E-state index in [-0.39, 0.29) is 5.35 Å². The normalized spacial score (nSPS) is 14.0. The summed E-state index contributed by atoms with van der Waals surface area (Å²) in [4.78, 5) is 26.0. The highest BCUT2D eigenvalue weighted by Crippen LogP contribution is 2.06. The molecule has 0 aliphatic carbocycles. The zero-order valence-corrected chi connectivity index (χ0v) is 8.43. The zero-order valence-electron chi connectivity index (χ0n) is 8.43. The van der Waals surface area contributed by atoms with Gasteiger partial charge in [-0.3, -0.25) is 4.79 Å². The Morgan fingerprint density at radius 1 is 1.38 bits per heavy atom. The lowest BCUT2D eigenvalue weighted by molar-refractivity contribution is 0.296. The second-order valence-corrected chi connectivity index (χ2v) is 3.59. The monoisotopic (exact) mass is 222 g/mol. The molecule has 0 bridgehead atoms. The summed E-state index contributed by atoms with van der Waals surface area (Å²) in [5.41, 5.74) is -0.800. The van der Waals surface area contributed by atoms with Crippen molar-refractivity contribution in [1.82, 2.24) is 9.55 Å². The highest BCUT2D eigenvalue weighted by atomic mass is 16.5. The van der Waals surface area contributed by atoms with Gasteiger partial charge < -0.3 is 14.8 Å². The van der Waals surface area contributed by atoms with Crippen molar-refractivity contribution in [3.8, 4) is 0 Å². The summed E-state index contributed by atoms with van der Waals surface area (Å²) in [6.07, 6.45) is 2.37. The first-order valence-electron chi connectivity index (χ1n) is 4.92. The van der Waals surface area contributed by atoms with Gasteiger partial charge in [0.15, 0.2) is 11.2 Å². The van der Waals surface area contributed by atoms with E-state index in [2.05, 4.69) is 4.98 Å². The molecule has 1 aliphatic rings. The molecule has 6 nitrogen and oxygen atoms in total. The van der Waals surface area contributed by atoms with Crippen LogP contribution in [-0.4, -0.2) is 25.7 Å². The maximum absolute atomic E-state index is 11.5. The van der Waals surface area contributed by atoms with E-state index in [1.54, 1.807) is 5.94 Å². The highest BCUT2D eigenvalue weighted by molar-refractivity contribution is 5.46. The SMILES string of the molecule is O=C=c1c(=C(O)O)c(=O)nc2n1CCCC2. The van der Waals surface area contributed by atoms with Crippen molar-refractivity contribution in [2.24, 2.45) is 0 Å². The molecule has 0 atom stereocenters. The van der Waals surface area contributed by atoms with Gasteiger partial charge in [-0.2, -0.15) is 4.98 Å². The van der Waals surface area contributed by atoms with E-state index in [1.165, 1.54) is 4.57 Å². The van der Waals surface area contributed by atoms with Crippen molar-refractivity contribution < 1.29 is 15.0 Å². The van der Waals surface area contributed by atoms with Crippen LogP contribution in [0.15, 0.2) is 4.79 Å². The third-order valence-corrected chi connectivity index (χ3v) is 2.62. The summed E-state index contributed by atoms with van der Waals surface area (Å²) < 4.78 is 1.51. The lowest BCUT2D eigenvalue weighted by atomic mass is 10.1. The van der Waals surface area contributed by atoms with Gasteiger partial charge in [0.2, 0.25) is 0 Å². The number of hydrogen-bond donors (Lipinski definition) is 2. The molecule has 2 heterocycles. The Morgan fingerprint density at radius 2 is 2.12 bits per heavy atom. The molecule has 0 saturated carbocycles. The standard InChI is InChI=1S/C10H10N2O4/c13-5-6-8(10(15)16)9(14)11-7-3-1-2-4-12(6)7/h15-16H,1-4H2. The second kappa shape index (κ2) is 3.83. The Labute approximate surface area is 89.8 Å². The lowest BCUT2D eigenvalue weighted by Crippen LogP contribution is -2.51. The molecule has 0 spiro atoms. The van der Waals surface area contributed by atoms with Gasteiger partial charge in [0, 0.05) is 13.0 Å². The maximum atomic E-state index is 11.5. The second-order valence-electron chi connectivity index (χ2n) is 3.59. The molecular formula is C10H10N2O4. The summed E-state index contributed by atoms with van der Waals surface area (Å²) in [6.45, 7) is 0.535. The number of rotatable bonds is 0. The van der Waals surface area contributed by atoms with Gasteiger partial charge >= 0.3 is 0 Å². The Balaban J connectivity index is 3.02. The largest absolute Gasteiger partial charge is 0.480 e. The lowest BCUT2D eigenvalue weighted by Gasteiger charge is -2.16. The molecule has 0 unspecified atom stereocenters. The molecule has 6 heteroatoms. The third kappa shape index (κ3) is 1.49. The summed E-state index contributed by atoms with van der Waals surface area (Å²) >= 11 is 0. The quantitative estimate of drug-likeness (QED) is 0.544. The molecule has 0 fully saturated rings. The van der Waals surface area contributed by atoms with Crippen LogP contribution in [-0.2, 0) is 17.8 Å². The molecule has 84 valence electrons. The number of nitrogens with zero attached hydrogens (tertiary/aromatic N) is 2. The van der Waals surface area contributed by atoms with Gasteiger partial charge in [0.1, 0.15) is 11.2 Å². The molecule has 0 aromatic carbocycles. The molecule has 0 radical (unpaired) electrons. The van der Waals surface area contributed by atoms with Crippen molar-refractivity contribution in [2.45, 2.75) is 25.8 Å². The molecule has 1 aromatic rings. The minimum Gasteiger partial charge on any atom is -0.480 e. The predicted molar refractivity (Wildman–Crippen MR) is 54.1 cm³/mol. The van der Waals surface area contributed by atoms with Crippen LogP contribution in [0.1, 0.15) is 18.7 Å². The molecule has 16 heavy (non-hydrogen) atoms. The van der Waals surface area contributed by atoms with Crippen LogP contribution in [0.5, 0.6) is 0 Å². The van der Waals surface area contributed by atoms with Crippen LogP contribution < -0.4 is 16.1 Å². The van der Waals surface area contributed by atoms with Crippen molar-refractivity contribution >= 4 is 11.9 Å². The summed E-state index contributed by atoms with van der Waals surface area (Å²) in [6, 6.07) is 0. The maximum Gasteiger partial charge on any atom is 0.290 e. The molecule has 1 aromatic heterocycles. The Hall–Kier alpha value is -2.07. The number of hydrogen-bond acceptors (Lipinski definition) is 5. The van der Waals surface area contributed by atoms with E-state index in [4.69, 9.17) is 10.2 Å². The number of aliphatic hydroxyl groups excluding tert-OH is 1. The number of carbonyl (C=O) groups excluding carboxylic acids is 1. The predicted octanol–water partition coefficient (Wildman–Crippen LogP) is -1.74. The average Bonchev–Trinajstić information content (AvgIpc) is 2.26. The molecule has 0 saturated heterocycles. The molecular weight excluding hydrogens is 212 g/mol. The summed E-state index contributed by atoms with van der Waals surface area (Å²) in [5.74, 6) is 0.894. The Bertz CT molecular complexity index is 621. The summed E-state index contributed by atoms with van der Waals surface area (Å²) in [7, 11) is 0. The van der Waals surface area contributed by atoms with Crippen LogP contribution in [0, 0.1) is 0 Å². The van der Waals surface area contributed by atoms with E-state index >= 15 is 0 Å². The number of fused-ring (bicyclic) bond motifs is 1. The van der Waals surface area contributed by atoms with E-state index in [9.17, 15) is 9.59 Å². The third-order valence-electron chi connectivity index (χ3n) is 2.62. The van der Waals surface area contributed by atoms with Crippen LogP contribution in [0.4, 0.5) is 0 Å². The van der Waals surface area contributed by atoms with Crippen LogP contribution in [0.3, 0.4) is 0 Å². The number of aromatic nitrogens is 2. The topological polar surface area (TPSA) is 92.4 Å². The first-order valence-corrected chi connectivity index (χ1v) is 4.92. The Kier molecular flexibility index (Phi) is 2.50. The molecule has 2 N–H and O–H groups in total.